The Bertz CT molecular complexity index is 1400. The van der Waals surface area contributed by atoms with Gasteiger partial charge in [-0.05, 0) is 45.2 Å². The second-order valence-electron chi connectivity index (χ2n) is 8.99. The lowest BCUT2D eigenvalue weighted by molar-refractivity contribution is -0.138. The lowest BCUT2D eigenvalue weighted by atomic mass is 9.97. The van der Waals surface area contributed by atoms with Crippen molar-refractivity contribution in [1.82, 2.24) is 19.2 Å². The van der Waals surface area contributed by atoms with E-state index in [1.165, 1.54) is 10.7 Å². The number of carbonyl (C=O) groups is 1. The fraction of sp³-hybridized carbons (Fsp3) is 0.346. The smallest absolute Gasteiger partial charge is 0.291 e. The van der Waals surface area contributed by atoms with Gasteiger partial charge in [-0.1, -0.05) is 36.4 Å². The van der Waals surface area contributed by atoms with E-state index in [4.69, 9.17) is 0 Å². The molecular weight excluding hydrogens is 419 g/mol. The second-order valence-corrected chi connectivity index (χ2v) is 8.99. The van der Waals surface area contributed by atoms with E-state index in [-0.39, 0.29) is 42.5 Å². The SMILES string of the molecule is CC1CCCC(C)N1C(=O)Cn1ncc2c3ccccc3n(Cc3ccccc3F)c2c1=O. The predicted molar refractivity (Wildman–Crippen MR) is 127 cm³/mol. The fourth-order valence-corrected chi connectivity index (χ4v) is 5.19. The number of hydrogen-bond acceptors (Lipinski definition) is 3. The molecule has 1 aliphatic rings. The van der Waals surface area contributed by atoms with Crippen LogP contribution in [0.25, 0.3) is 21.8 Å². The predicted octanol–water partition coefficient (Wildman–Crippen LogP) is 4.33. The van der Waals surface area contributed by atoms with Gasteiger partial charge in [0.25, 0.3) is 5.56 Å². The number of fused-ring (bicyclic) bond motifs is 3. The quantitative estimate of drug-likeness (QED) is 0.469. The van der Waals surface area contributed by atoms with Crippen molar-refractivity contribution in [3.8, 4) is 0 Å². The van der Waals surface area contributed by atoms with Crippen LogP contribution in [-0.4, -0.2) is 37.2 Å². The number of nitrogens with zero attached hydrogens (tertiary/aromatic N) is 4. The summed E-state index contributed by atoms with van der Waals surface area (Å²) in [5.74, 6) is -0.415. The number of rotatable bonds is 4. The molecule has 6 nitrogen and oxygen atoms in total. The summed E-state index contributed by atoms with van der Waals surface area (Å²) >= 11 is 0. The summed E-state index contributed by atoms with van der Waals surface area (Å²) in [7, 11) is 0. The first-order chi connectivity index (χ1) is 16.0. The topological polar surface area (TPSA) is 60.1 Å². The van der Waals surface area contributed by atoms with Crippen molar-refractivity contribution in [3.05, 3.63) is 76.5 Å². The maximum absolute atomic E-state index is 14.5. The van der Waals surface area contributed by atoms with E-state index >= 15 is 0 Å². The van der Waals surface area contributed by atoms with Crippen molar-refractivity contribution in [2.75, 3.05) is 0 Å². The number of halogens is 1. The zero-order chi connectivity index (χ0) is 23.1. The third kappa shape index (κ3) is 3.71. The van der Waals surface area contributed by atoms with Crippen LogP contribution in [0.1, 0.15) is 38.7 Å². The Labute approximate surface area is 191 Å². The van der Waals surface area contributed by atoms with E-state index < -0.39 is 0 Å². The Morgan fingerprint density at radius 1 is 1.03 bits per heavy atom. The Kier molecular flexibility index (Phi) is 5.48. The normalized spacial score (nSPS) is 18.8. The van der Waals surface area contributed by atoms with Gasteiger partial charge < -0.3 is 9.47 Å². The van der Waals surface area contributed by atoms with Crippen molar-refractivity contribution in [1.29, 1.82) is 0 Å². The zero-order valence-electron chi connectivity index (χ0n) is 18.9. The van der Waals surface area contributed by atoms with E-state index in [1.54, 1.807) is 24.4 Å². The van der Waals surface area contributed by atoms with Crippen molar-refractivity contribution >= 4 is 27.7 Å². The molecule has 2 aromatic carbocycles. The molecule has 1 fully saturated rings. The third-order valence-corrected chi connectivity index (χ3v) is 6.83. The second kappa shape index (κ2) is 8.46. The monoisotopic (exact) mass is 446 g/mol. The van der Waals surface area contributed by atoms with Crippen LogP contribution >= 0.6 is 0 Å². The van der Waals surface area contributed by atoms with Crippen molar-refractivity contribution in [2.45, 2.75) is 58.3 Å². The van der Waals surface area contributed by atoms with Crippen LogP contribution < -0.4 is 5.56 Å². The first-order valence-corrected chi connectivity index (χ1v) is 11.5. The first kappa shape index (κ1) is 21.4. The van der Waals surface area contributed by atoms with Gasteiger partial charge in [-0.25, -0.2) is 9.07 Å². The number of aromatic nitrogens is 3. The van der Waals surface area contributed by atoms with Crippen LogP contribution in [0.15, 0.2) is 59.5 Å². The summed E-state index contributed by atoms with van der Waals surface area (Å²) in [6.45, 7) is 4.22. The van der Waals surface area contributed by atoms with Gasteiger partial charge in [0.15, 0.2) is 0 Å². The van der Waals surface area contributed by atoms with E-state index in [0.717, 1.165) is 30.2 Å². The molecule has 0 radical (unpaired) electrons. The molecule has 1 saturated heterocycles. The van der Waals surface area contributed by atoms with E-state index in [0.29, 0.717) is 16.5 Å². The van der Waals surface area contributed by atoms with E-state index in [1.807, 2.05) is 33.7 Å². The van der Waals surface area contributed by atoms with Gasteiger partial charge >= 0.3 is 0 Å². The molecule has 3 heterocycles. The van der Waals surface area contributed by atoms with Gasteiger partial charge in [-0.3, -0.25) is 9.59 Å². The number of para-hydroxylation sites is 1. The van der Waals surface area contributed by atoms with Crippen molar-refractivity contribution in [2.24, 2.45) is 0 Å². The molecule has 1 amide bonds. The van der Waals surface area contributed by atoms with Crippen molar-refractivity contribution in [3.63, 3.8) is 0 Å². The molecule has 7 heteroatoms. The molecule has 4 aromatic rings. The molecule has 0 saturated carbocycles. The van der Waals surface area contributed by atoms with Crippen LogP contribution in [0, 0.1) is 5.82 Å². The minimum absolute atomic E-state index is 0.0968. The van der Waals surface area contributed by atoms with Gasteiger partial charge in [0.05, 0.1) is 12.7 Å². The standard InChI is InChI=1S/C26H27FN4O2/c1-17-8-7-9-18(2)31(17)24(32)16-30-26(33)25-21(14-28-30)20-11-4-6-13-23(20)29(25)15-19-10-3-5-12-22(19)27/h3-6,10-14,17-18H,7-9,15-16H2,1-2H3. The van der Waals surface area contributed by atoms with Gasteiger partial charge in [0, 0.05) is 33.9 Å². The number of hydrogen-bond donors (Lipinski definition) is 0. The van der Waals surface area contributed by atoms with E-state index in [2.05, 4.69) is 18.9 Å². The van der Waals surface area contributed by atoms with Crippen molar-refractivity contribution < 1.29 is 9.18 Å². The molecule has 0 spiro atoms. The van der Waals surface area contributed by atoms with Crippen LogP contribution in [0.4, 0.5) is 4.39 Å². The molecule has 33 heavy (non-hydrogen) atoms. The molecular formula is C26H27FN4O2. The van der Waals surface area contributed by atoms with Gasteiger partial charge in [0.1, 0.15) is 17.9 Å². The molecule has 0 bridgehead atoms. The van der Waals surface area contributed by atoms with Crippen LogP contribution in [-0.2, 0) is 17.9 Å². The van der Waals surface area contributed by atoms with Crippen LogP contribution in [0.5, 0.6) is 0 Å². The Morgan fingerprint density at radius 3 is 2.48 bits per heavy atom. The third-order valence-electron chi connectivity index (χ3n) is 6.83. The average Bonchev–Trinajstić information content (AvgIpc) is 3.11. The number of likely N-dealkylation sites (tertiary alicyclic amines) is 1. The summed E-state index contributed by atoms with van der Waals surface area (Å²) in [6, 6.07) is 14.5. The molecule has 0 N–H and O–H groups in total. The van der Waals surface area contributed by atoms with Crippen LogP contribution in [0.3, 0.4) is 0 Å². The summed E-state index contributed by atoms with van der Waals surface area (Å²) in [5, 5.41) is 5.93. The minimum Gasteiger partial charge on any atom is -0.336 e. The molecule has 2 aromatic heterocycles. The molecule has 2 atom stereocenters. The minimum atomic E-state index is -0.342. The highest BCUT2D eigenvalue weighted by molar-refractivity contribution is 6.07. The molecule has 1 aliphatic heterocycles. The summed E-state index contributed by atoms with van der Waals surface area (Å²) in [5.41, 5.74) is 1.42. The largest absolute Gasteiger partial charge is 0.336 e. The molecule has 5 rings (SSSR count). The number of benzene rings is 2. The maximum Gasteiger partial charge on any atom is 0.291 e. The molecule has 0 aliphatic carbocycles. The number of carbonyl (C=O) groups excluding carboxylic acids is 1. The summed E-state index contributed by atoms with van der Waals surface area (Å²) < 4.78 is 17.5. The lowest BCUT2D eigenvalue weighted by Gasteiger charge is -2.39. The summed E-state index contributed by atoms with van der Waals surface area (Å²) in [6.07, 6.45) is 4.68. The summed E-state index contributed by atoms with van der Waals surface area (Å²) in [4.78, 5) is 28.6. The van der Waals surface area contributed by atoms with E-state index in [9.17, 15) is 14.0 Å². The van der Waals surface area contributed by atoms with Gasteiger partial charge in [0.2, 0.25) is 5.91 Å². The first-order valence-electron chi connectivity index (χ1n) is 11.5. The maximum atomic E-state index is 14.5. The van der Waals surface area contributed by atoms with Crippen LogP contribution in [0.2, 0.25) is 0 Å². The fourth-order valence-electron chi connectivity index (χ4n) is 5.19. The zero-order valence-corrected chi connectivity index (χ0v) is 18.9. The highest BCUT2D eigenvalue weighted by Crippen LogP contribution is 2.28. The Hall–Kier alpha value is -3.48. The lowest BCUT2D eigenvalue weighted by Crippen LogP contribution is -2.49. The Morgan fingerprint density at radius 2 is 1.73 bits per heavy atom. The number of amides is 1. The highest BCUT2D eigenvalue weighted by Gasteiger charge is 2.29. The highest BCUT2D eigenvalue weighted by atomic mass is 19.1. The molecule has 2 unspecified atom stereocenters. The average molecular weight is 447 g/mol. The van der Waals surface area contributed by atoms with Gasteiger partial charge in [-0.15, -0.1) is 0 Å². The molecule has 170 valence electrons. The van der Waals surface area contributed by atoms with Gasteiger partial charge in [-0.2, -0.15) is 5.10 Å². The number of piperidine rings is 1. The Balaban J connectivity index is 1.61.